The largest absolute Gasteiger partial charge is 0.465 e. The van der Waals surface area contributed by atoms with Crippen molar-refractivity contribution in [1.82, 2.24) is 5.43 Å². The molecule has 0 saturated carbocycles. The maximum absolute atomic E-state index is 7.37. The van der Waals surface area contributed by atoms with E-state index in [1.54, 1.807) is 12.1 Å². The van der Waals surface area contributed by atoms with Gasteiger partial charge in [0.25, 0.3) is 5.17 Å². The van der Waals surface area contributed by atoms with E-state index in [2.05, 4.69) is 5.43 Å². The van der Waals surface area contributed by atoms with E-state index in [4.69, 9.17) is 50.3 Å². The molecular weight excluding hydrogens is 540 g/mol. The Hall–Kier alpha value is -1.04. The van der Waals surface area contributed by atoms with E-state index in [-0.39, 0.29) is 50.9 Å². The Bertz CT molecular complexity index is 784. The molecule has 2 aromatic rings. The molecule has 0 unspecified atom stereocenters. The van der Waals surface area contributed by atoms with E-state index in [1.807, 2.05) is 30.3 Å². The normalized spacial score (nSPS) is 9.41. The zero-order chi connectivity index (χ0) is 18.2. The lowest BCUT2D eigenvalue weighted by Gasteiger charge is -2.15. The summed E-state index contributed by atoms with van der Waals surface area (Å²) in [5, 5.41) is 8.02. The zero-order valence-corrected chi connectivity index (χ0v) is 19.8. The average Bonchev–Trinajstić information content (AvgIpc) is 2.60. The summed E-state index contributed by atoms with van der Waals surface area (Å²) >= 11 is 12.3. The third-order valence-electron chi connectivity index (χ3n) is 3.12. The second kappa shape index (κ2) is 13.2. The molecule has 0 aliphatic rings. The maximum Gasteiger partial charge on any atom is 0.271 e. The predicted octanol–water partition coefficient (Wildman–Crippen LogP) is 4.68. The Morgan fingerprint density at radius 1 is 1.15 bits per heavy atom. The van der Waals surface area contributed by atoms with Gasteiger partial charge in [0.15, 0.2) is 5.17 Å². The minimum atomic E-state index is 0. The number of thiocarbonyl (C=S) groups is 1. The number of rotatable bonds is 6. The Balaban J connectivity index is 0.00000338. The van der Waals surface area contributed by atoms with Crippen molar-refractivity contribution in [2.45, 2.75) is 12.4 Å². The molecule has 0 radical (unpaired) electrons. The maximum atomic E-state index is 7.37. The summed E-state index contributed by atoms with van der Waals surface area (Å²) in [4.78, 5) is 0. The Morgan fingerprint density at radius 3 is 2.48 bits per heavy atom. The summed E-state index contributed by atoms with van der Waals surface area (Å²) in [5.41, 5.74) is 9.24. The number of nitrogens with one attached hydrogen (secondary N) is 2. The first-order chi connectivity index (χ1) is 12.0. The van der Waals surface area contributed by atoms with Crippen molar-refractivity contribution in [1.29, 1.82) is 5.41 Å². The molecule has 0 spiro atoms. The SMILES string of the molecule is Br.Br.N=C(N)SCc1c(Cl)cccc1Oc1ccccc1COC(=S)NN. The molecule has 0 saturated heterocycles. The lowest BCUT2D eigenvalue weighted by molar-refractivity contribution is 0.282. The first-order valence-corrected chi connectivity index (χ1v) is 8.91. The molecule has 0 bridgehead atoms. The first-order valence-electron chi connectivity index (χ1n) is 7.14. The first kappa shape index (κ1) is 26.0. The summed E-state index contributed by atoms with van der Waals surface area (Å²) < 4.78 is 11.4. The van der Waals surface area contributed by atoms with Crippen LogP contribution in [0.3, 0.4) is 0 Å². The number of hydrazine groups is 1. The Labute approximate surface area is 193 Å². The van der Waals surface area contributed by atoms with E-state index in [0.29, 0.717) is 22.3 Å². The number of thioether (sulfide) groups is 1. The second-order valence-corrected chi connectivity index (χ2v) is 6.59. The molecule has 148 valence electrons. The number of hydrogen-bond donors (Lipinski definition) is 4. The van der Waals surface area contributed by atoms with E-state index >= 15 is 0 Å². The highest BCUT2D eigenvalue weighted by Crippen LogP contribution is 2.34. The van der Waals surface area contributed by atoms with Gasteiger partial charge in [0.05, 0.1) is 0 Å². The molecule has 6 nitrogen and oxygen atoms in total. The van der Waals surface area contributed by atoms with Crippen molar-refractivity contribution in [2.75, 3.05) is 0 Å². The lowest BCUT2D eigenvalue weighted by Crippen LogP contribution is -2.30. The van der Waals surface area contributed by atoms with Crippen molar-refractivity contribution >= 4 is 79.9 Å². The highest BCUT2D eigenvalue weighted by atomic mass is 79.9. The van der Waals surface area contributed by atoms with Crippen LogP contribution < -0.4 is 21.7 Å². The molecular formula is C16H19Br2ClN4O2S2. The standard InChI is InChI=1S/C16H17ClN4O2S2.2BrH/c17-12-5-3-7-14(11(12)9-25-15(18)19)23-13-6-2-1-4-10(13)8-22-16(24)21-20;;/h1-7H,8-9,20H2,(H3,18,19)(H,21,24);2*1H. The summed E-state index contributed by atoms with van der Waals surface area (Å²) in [6, 6.07) is 12.8. The monoisotopic (exact) mass is 556 g/mol. The fourth-order valence-corrected chi connectivity index (χ4v) is 2.92. The van der Waals surface area contributed by atoms with Gasteiger partial charge in [-0.2, -0.15) is 0 Å². The summed E-state index contributed by atoms with van der Waals surface area (Å²) in [6.07, 6.45) is 0. The van der Waals surface area contributed by atoms with Gasteiger partial charge < -0.3 is 15.2 Å². The fourth-order valence-electron chi connectivity index (χ4n) is 1.95. The van der Waals surface area contributed by atoms with Crippen LogP contribution in [-0.4, -0.2) is 10.3 Å². The van der Waals surface area contributed by atoms with Crippen LogP contribution in [0.15, 0.2) is 42.5 Å². The summed E-state index contributed by atoms with van der Waals surface area (Å²) in [7, 11) is 0. The number of benzene rings is 2. The van der Waals surface area contributed by atoms with Crippen molar-refractivity contribution < 1.29 is 9.47 Å². The van der Waals surface area contributed by atoms with E-state index in [9.17, 15) is 0 Å². The van der Waals surface area contributed by atoms with Gasteiger partial charge >= 0.3 is 0 Å². The number of amidine groups is 1. The van der Waals surface area contributed by atoms with Gasteiger partial charge in [0.1, 0.15) is 18.1 Å². The van der Waals surface area contributed by atoms with Gasteiger partial charge in [0, 0.05) is 21.9 Å². The Kier molecular flexibility index (Phi) is 12.7. The molecule has 11 heteroatoms. The van der Waals surface area contributed by atoms with Gasteiger partial charge in [0.2, 0.25) is 0 Å². The molecule has 0 aromatic heterocycles. The van der Waals surface area contributed by atoms with Crippen LogP contribution >= 0.6 is 69.5 Å². The number of ether oxygens (including phenoxy) is 2. The number of hydrogen-bond acceptors (Lipinski definition) is 6. The van der Waals surface area contributed by atoms with Crippen LogP contribution in [0.25, 0.3) is 0 Å². The van der Waals surface area contributed by atoms with Gasteiger partial charge in [-0.15, -0.1) is 34.0 Å². The molecule has 2 rings (SSSR count). The zero-order valence-electron chi connectivity index (χ0n) is 13.9. The van der Waals surface area contributed by atoms with E-state index in [0.717, 1.165) is 11.1 Å². The summed E-state index contributed by atoms with van der Waals surface area (Å²) in [5.74, 6) is 6.84. The highest BCUT2D eigenvalue weighted by Gasteiger charge is 2.12. The van der Waals surface area contributed by atoms with E-state index in [1.165, 1.54) is 11.8 Å². The van der Waals surface area contributed by atoms with Crippen molar-refractivity contribution in [2.24, 2.45) is 11.6 Å². The molecule has 0 amide bonds. The van der Waals surface area contributed by atoms with Gasteiger partial charge in [-0.25, -0.2) is 5.84 Å². The topological polar surface area (TPSA) is 106 Å². The van der Waals surface area contributed by atoms with Crippen molar-refractivity contribution in [3.8, 4) is 11.5 Å². The lowest BCUT2D eigenvalue weighted by atomic mass is 10.2. The molecule has 0 fully saturated rings. The second-order valence-electron chi connectivity index (χ2n) is 4.80. The third kappa shape index (κ3) is 8.24. The van der Waals surface area contributed by atoms with Crippen LogP contribution in [-0.2, 0) is 17.1 Å². The number of para-hydroxylation sites is 1. The van der Waals surface area contributed by atoms with Crippen LogP contribution in [0.4, 0.5) is 0 Å². The number of halogens is 3. The number of nitrogens with two attached hydrogens (primary N) is 2. The average molecular weight is 559 g/mol. The quantitative estimate of drug-likeness (QED) is 0.134. The van der Waals surface area contributed by atoms with Gasteiger partial charge in [-0.05, 0) is 30.4 Å². The third-order valence-corrected chi connectivity index (χ3v) is 4.45. The van der Waals surface area contributed by atoms with Crippen LogP contribution in [0.5, 0.6) is 11.5 Å². The Morgan fingerprint density at radius 2 is 1.81 bits per heavy atom. The minimum Gasteiger partial charge on any atom is -0.465 e. The predicted molar refractivity (Wildman–Crippen MR) is 127 cm³/mol. The molecule has 0 aliphatic carbocycles. The van der Waals surface area contributed by atoms with E-state index < -0.39 is 0 Å². The molecule has 2 aromatic carbocycles. The minimum absolute atomic E-state index is 0. The molecule has 27 heavy (non-hydrogen) atoms. The van der Waals surface area contributed by atoms with Crippen molar-refractivity contribution in [3.05, 3.63) is 58.6 Å². The van der Waals surface area contributed by atoms with Crippen LogP contribution in [0, 0.1) is 5.41 Å². The van der Waals surface area contributed by atoms with Gasteiger partial charge in [-0.1, -0.05) is 47.6 Å². The molecule has 0 aliphatic heterocycles. The van der Waals surface area contributed by atoms with Crippen molar-refractivity contribution in [3.63, 3.8) is 0 Å². The fraction of sp³-hybridized carbons (Fsp3) is 0.125. The van der Waals surface area contributed by atoms with Crippen LogP contribution in [0.2, 0.25) is 5.02 Å². The molecule has 0 heterocycles. The molecule has 6 N–H and O–H groups in total. The smallest absolute Gasteiger partial charge is 0.271 e. The molecule has 0 atom stereocenters. The van der Waals surface area contributed by atoms with Gasteiger partial charge in [-0.3, -0.25) is 10.8 Å². The van der Waals surface area contributed by atoms with Crippen LogP contribution in [0.1, 0.15) is 11.1 Å². The highest BCUT2D eigenvalue weighted by molar-refractivity contribution is 8.93. The summed E-state index contributed by atoms with van der Waals surface area (Å²) in [6.45, 7) is 0.206.